The molecule has 0 aromatic heterocycles. The SMILES string of the molecule is CC(C)N([Te][Si](C)(C)C)C(C)C. The number of hydrogen-bond donors (Lipinski definition) is 0. The van der Waals surface area contributed by atoms with Gasteiger partial charge in [-0.1, -0.05) is 0 Å². The zero-order valence-electron chi connectivity index (χ0n) is 9.51. The summed E-state index contributed by atoms with van der Waals surface area (Å²) >= 11 is 0.123. The molecule has 0 aliphatic carbocycles. The van der Waals surface area contributed by atoms with E-state index in [0.29, 0.717) is 0 Å². The van der Waals surface area contributed by atoms with E-state index in [4.69, 9.17) is 0 Å². The van der Waals surface area contributed by atoms with Crippen LogP contribution in [0.5, 0.6) is 0 Å². The van der Waals surface area contributed by atoms with Crippen molar-refractivity contribution >= 4 is 26.0 Å². The fourth-order valence-corrected chi connectivity index (χ4v) is 11.2. The molecule has 1 nitrogen and oxygen atoms in total. The molecule has 0 heterocycles. The molecule has 0 saturated carbocycles. The van der Waals surface area contributed by atoms with Gasteiger partial charge in [-0.25, -0.2) is 0 Å². The maximum absolute atomic E-state index is 2.73. The van der Waals surface area contributed by atoms with Crippen molar-refractivity contribution in [3.63, 3.8) is 0 Å². The first-order valence-electron chi connectivity index (χ1n) is 4.71. The van der Waals surface area contributed by atoms with Crippen LogP contribution in [0, 0.1) is 0 Å². The van der Waals surface area contributed by atoms with Gasteiger partial charge < -0.3 is 0 Å². The van der Waals surface area contributed by atoms with E-state index in [-0.39, 0.29) is 20.4 Å². The van der Waals surface area contributed by atoms with Crippen molar-refractivity contribution in [1.82, 2.24) is 3.15 Å². The second-order valence-electron chi connectivity index (χ2n) is 4.75. The maximum atomic E-state index is 2.73. The van der Waals surface area contributed by atoms with Crippen molar-refractivity contribution in [2.24, 2.45) is 0 Å². The molecule has 0 spiro atoms. The first kappa shape index (κ1) is 13.0. The van der Waals surface area contributed by atoms with Gasteiger partial charge in [-0.15, -0.1) is 0 Å². The molecule has 0 N–H and O–H groups in total. The number of rotatable bonds is 4. The van der Waals surface area contributed by atoms with E-state index < -0.39 is 5.62 Å². The fourth-order valence-electron chi connectivity index (χ4n) is 1.12. The van der Waals surface area contributed by atoms with Crippen molar-refractivity contribution in [3.8, 4) is 0 Å². The van der Waals surface area contributed by atoms with E-state index in [1.54, 1.807) is 0 Å². The van der Waals surface area contributed by atoms with Gasteiger partial charge in [0.25, 0.3) is 0 Å². The molecule has 0 aromatic carbocycles. The second-order valence-corrected chi connectivity index (χ2v) is 22.4. The summed E-state index contributed by atoms with van der Waals surface area (Å²) < 4.78 is 2.73. The summed E-state index contributed by atoms with van der Waals surface area (Å²) in [5.41, 5.74) is -0.790. The molecule has 0 rings (SSSR count). The van der Waals surface area contributed by atoms with Gasteiger partial charge >= 0.3 is 88.6 Å². The molecular formula is C9H23NSiTe. The number of nitrogens with zero attached hydrogens (tertiary/aromatic N) is 1. The van der Waals surface area contributed by atoms with Gasteiger partial charge in [0.15, 0.2) is 0 Å². The Kier molecular flexibility index (Phi) is 5.40. The average molecular weight is 301 g/mol. The van der Waals surface area contributed by atoms with Crippen molar-refractivity contribution in [2.45, 2.75) is 59.4 Å². The molecule has 0 fully saturated rings. The zero-order valence-corrected chi connectivity index (χ0v) is 12.8. The van der Waals surface area contributed by atoms with Gasteiger partial charge in [0.2, 0.25) is 0 Å². The van der Waals surface area contributed by atoms with Crippen LogP contribution in [0.1, 0.15) is 27.7 Å². The van der Waals surface area contributed by atoms with Crippen LogP contribution in [0.2, 0.25) is 19.6 Å². The van der Waals surface area contributed by atoms with Crippen LogP contribution in [-0.2, 0) is 0 Å². The molecule has 0 aromatic rings. The molecule has 0 saturated heterocycles. The Labute approximate surface area is 88.4 Å². The first-order chi connectivity index (χ1) is 5.24. The van der Waals surface area contributed by atoms with Crippen LogP contribution in [0.25, 0.3) is 0 Å². The molecule has 0 aliphatic rings. The monoisotopic (exact) mass is 303 g/mol. The van der Waals surface area contributed by atoms with Gasteiger partial charge in [0.05, 0.1) is 0 Å². The van der Waals surface area contributed by atoms with E-state index in [2.05, 4.69) is 50.5 Å². The third-order valence-electron chi connectivity index (χ3n) is 1.40. The fraction of sp³-hybridized carbons (Fsp3) is 1.00. The summed E-state index contributed by atoms with van der Waals surface area (Å²) in [4.78, 5) is 0. The molecule has 3 heteroatoms. The van der Waals surface area contributed by atoms with E-state index in [1.807, 2.05) is 0 Å². The summed E-state index contributed by atoms with van der Waals surface area (Å²) in [6.45, 7) is 16.8. The summed E-state index contributed by atoms with van der Waals surface area (Å²) in [5.74, 6) is 0. The van der Waals surface area contributed by atoms with E-state index >= 15 is 0 Å². The van der Waals surface area contributed by atoms with Crippen LogP contribution >= 0.6 is 0 Å². The third-order valence-corrected chi connectivity index (χ3v) is 11.1. The predicted octanol–water partition coefficient (Wildman–Crippen LogP) is 2.56. The van der Waals surface area contributed by atoms with Gasteiger partial charge in [-0.2, -0.15) is 0 Å². The van der Waals surface area contributed by atoms with Crippen molar-refractivity contribution in [2.75, 3.05) is 0 Å². The summed E-state index contributed by atoms with van der Waals surface area (Å²) in [7, 11) is 0. The molecule has 74 valence electrons. The summed E-state index contributed by atoms with van der Waals surface area (Å²) in [5, 5.41) is 0. The average Bonchev–Trinajstić information content (AvgIpc) is 1.79. The van der Waals surface area contributed by atoms with Gasteiger partial charge in [-0.05, 0) is 0 Å². The summed E-state index contributed by atoms with van der Waals surface area (Å²) in [6.07, 6.45) is 0. The Bertz CT molecular complexity index is 121. The molecule has 12 heavy (non-hydrogen) atoms. The molecule has 0 bridgehead atoms. The first-order valence-corrected chi connectivity index (χ1v) is 12.7. The van der Waals surface area contributed by atoms with Crippen molar-refractivity contribution < 1.29 is 0 Å². The molecule has 0 aliphatic heterocycles. The Morgan fingerprint density at radius 2 is 1.25 bits per heavy atom. The Morgan fingerprint density at radius 3 is 1.33 bits per heavy atom. The van der Waals surface area contributed by atoms with Crippen LogP contribution in [0.15, 0.2) is 0 Å². The Morgan fingerprint density at radius 1 is 0.917 bits per heavy atom. The second kappa shape index (κ2) is 5.00. The molecule has 0 atom stereocenters. The standard InChI is InChI=1S/C9H23NSiTe/c1-8(2)10(9(3)4)12-11(5,6)7/h8-9H,1-7H3. The van der Waals surface area contributed by atoms with Crippen molar-refractivity contribution in [1.29, 1.82) is 0 Å². The van der Waals surface area contributed by atoms with Gasteiger partial charge in [0, 0.05) is 0 Å². The van der Waals surface area contributed by atoms with Crippen LogP contribution in [0.3, 0.4) is 0 Å². The Balaban J connectivity index is 4.15. The molecule has 0 unspecified atom stereocenters. The molecule has 0 amide bonds. The van der Waals surface area contributed by atoms with E-state index in [0.717, 1.165) is 12.1 Å². The summed E-state index contributed by atoms with van der Waals surface area (Å²) in [6, 6.07) is 1.50. The zero-order chi connectivity index (χ0) is 9.94. The van der Waals surface area contributed by atoms with E-state index in [1.165, 1.54) is 0 Å². The number of hydrogen-bond acceptors (Lipinski definition) is 1. The topological polar surface area (TPSA) is 3.24 Å². The molecular weight excluding hydrogens is 278 g/mol. The third kappa shape index (κ3) is 5.58. The van der Waals surface area contributed by atoms with Gasteiger partial charge in [0.1, 0.15) is 0 Å². The van der Waals surface area contributed by atoms with Crippen LogP contribution < -0.4 is 0 Å². The van der Waals surface area contributed by atoms with E-state index in [9.17, 15) is 0 Å². The minimum atomic E-state index is -0.790. The minimum absolute atomic E-state index is 0.123. The normalized spacial score (nSPS) is 13.5. The molecule has 0 radical (unpaired) electrons. The van der Waals surface area contributed by atoms with Crippen LogP contribution in [-0.4, -0.2) is 41.3 Å². The van der Waals surface area contributed by atoms with Crippen LogP contribution in [0.4, 0.5) is 0 Å². The quantitative estimate of drug-likeness (QED) is 0.721. The predicted molar refractivity (Wildman–Crippen MR) is 61.2 cm³/mol. The van der Waals surface area contributed by atoms with Crippen molar-refractivity contribution in [3.05, 3.63) is 0 Å². The Hall–Kier alpha value is 0.966. The van der Waals surface area contributed by atoms with Gasteiger partial charge in [-0.3, -0.25) is 0 Å².